The number of esters is 5. The van der Waals surface area contributed by atoms with Gasteiger partial charge in [-0.3, -0.25) is 43.2 Å². The molecule has 3 aromatic carbocycles. The number of alkyl carbamates (subject to hydrolysis) is 1. The zero-order valence-corrected chi connectivity index (χ0v) is 60.9. The molecule has 0 fully saturated rings. The third-order valence-electron chi connectivity index (χ3n) is 19.6. The van der Waals surface area contributed by atoms with Gasteiger partial charge in [0.25, 0.3) is 16.7 Å². The first-order chi connectivity index (χ1) is 52.6. The van der Waals surface area contributed by atoms with E-state index in [9.17, 15) is 67.4 Å². The molecule has 0 bridgehead atoms. The molecule has 6 aliphatic heterocycles. The molecule has 15 rings (SSSR count). The molecule has 0 aliphatic carbocycles. The SMILES string of the molecule is C.CC[C@@]1(O)C(=O)OCc2c1cc1n(c2=O)Cc2cc3ccccc3nc2-1.CC[C@@]1(OC(=O)CNC(=O)CNC(=O)CNC(=O)OC(C)(C)C)C(=O)OCc2c1cc1n(c2=O)Cc2cc3ccccc3nc2-1.CC[C@@]1(OC(=O)CNC(=O)CNC(=O)CNC)C(=O)OCc2c1cc1n(c2=O)Cc2cc3ccccc3nc2-1. The van der Waals surface area contributed by atoms with Crippen molar-refractivity contribution in [2.75, 3.05) is 46.3 Å². The Kier molecular flexibility index (Phi) is 21.7. The first kappa shape index (κ1) is 77.8. The molecule has 12 heterocycles. The molecule has 0 spiro atoms. The fourth-order valence-electron chi connectivity index (χ4n) is 14.1. The van der Waals surface area contributed by atoms with Gasteiger partial charge in [-0.25, -0.2) is 34.1 Å². The Morgan fingerprint density at radius 2 is 0.793 bits per heavy atom. The summed E-state index contributed by atoms with van der Waals surface area (Å²) in [4.78, 5) is 178. The number of cyclic esters (lactones) is 3. The lowest BCUT2D eigenvalue weighted by Crippen LogP contribution is -2.49. The van der Waals surface area contributed by atoms with Crippen molar-refractivity contribution in [2.24, 2.45) is 0 Å². The van der Waals surface area contributed by atoms with Crippen LogP contribution in [-0.2, 0) is 128 Å². The van der Waals surface area contributed by atoms with E-state index in [1.165, 1.54) is 0 Å². The summed E-state index contributed by atoms with van der Waals surface area (Å²) in [7, 11) is 1.59. The maximum Gasteiger partial charge on any atom is 0.408 e. The number of nitrogens with zero attached hydrogens (tertiary/aromatic N) is 6. The monoisotopic (exact) mass is 1520 g/mol. The minimum absolute atomic E-state index is 0. The number of fused-ring (bicyclic) bond motifs is 15. The second-order valence-corrected chi connectivity index (χ2v) is 27.7. The predicted molar refractivity (Wildman–Crippen MR) is 398 cm³/mol. The first-order valence-corrected chi connectivity index (χ1v) is 35.5. The molecule has 7 N–H and O–H groups in total. The maximum atomic E-state index is 13.6. The zero-order chi connectivity index (χ0) is 78.3. The van der Waals surface area contributed by atoms with E-state index in [1.54, 1.807) is 80.5 Å². The van der Waals surface area contributed by atoms with Gasteiger partial charge in [0.1, 0.15) is 45.1 Å². The van der Waals surface area contributed by atoms with Crippen LogP contribution in [0.1, 0.15) is 118 Å². The number of benzene rings is 3. The molecule has 0 saturated carbocycles. The number of likely N-dealkylation sites (N-methyl/N-ethyl adjacent to an activating group) is 1. The molecule has 32 heteroatoms. The number of rotatable bonds is 17. The van der Waals surface area contributed by atoms with Crippen LogP contribution in [0.4, 0.5) is 4.79 Å². The normalized spacial score (nSPS) is 17.5. The number of aromatic nitrogens is 6. The molecule has 111 heavy (non-hydrogen) atoms. The van der Waals surface area contributed by atoms with Crippen molar-refractivity contribution in [1.82, 2.24) is 60.6 Å². The average Bonchev–Trinajstić information content (AvgIpc) is 1.64. The number of hydrogen-bond donors (Lipinski definition) is 7. The molecule has 576 valence electrons. The van der Waals surface area contributed by atoms with E-state index in [0.717, 1.165) is 55.1 Å². The van der Waals surface area contributed by atoms with Gasteiger partial charge < -0.3 is 79.1 Å². The minimum atomic E-state index is -1.93. The lowest BCUT2D eigenvalue weighted by atomic mass is 9.85. The van der Waals surface area contributed by atoms with Gasteiger partial charge in [0, 0.05) is 49.5 Å². The first-order valence-electron chi connectivity index (χ1n) is 35.5. The molecule has 6 aliphatic rings. The number of nitrogens with one attached hydrogen (secondary N) is 6. The Hall–Kier alpha value is -12.8. The lowest BCUT2D eigenvalue weighted by molar-refractivity contribution is -0.189. The summed E-state index contributed by atoms with van der Waals surface area (Å²) in [5, 5.41) is 28.0. The lowest BCUT2D eigenvalue weighted by Gasteiger charge is -2.35. The van der Waals surface area contributed by atoms with Gasteiger partial charge >= 0.3 is 35.9 Å². The van der Waals surface area contributed by atoms with E-state index in [-0.39, 0.29) is 104 Å². The standard InChI is InChI=1S/C31H33N5O9.C27H27N5O7.C20H16N2O4.CH4/c1-5-31(44-25(39)14-33-23(37)12-32-24(38)13-34-29(42)45-30(2,3)4)20-11-22-26-18(10-17-8-6-7-9-21(17)35-26)15-36(22)27(40)19(20)16-43-28(31)41;1-3-27(39-23(35)12-30-22(34)11-29-21(33)10-28-2)18-9-20-24-16(8-15-6-4-5-7-19(15)31-24)13-32(20)25(36)17(18)14-38-26(27)37;1-2-20(25)14-8-16-17-12(7-11-5-3-4-6-15(11)21-17)9-22(16)18(23)13(14)10-26-19(20)24;/h6-11H,5,12-16H2,1-4H3,(H,32,38)(H,33,37)(H,34,42);4-9,28H,3,10-14H2,1-2H3,(H,29,33)(H,30,34);3-8,25H,2,9-10H2,1H3;1H4/t31-;27-;20-;/m000./s1. The average molecular weight is 1520 g/mol. The number of carbonyl (C=O) groups excluding carboxylic acids is 10. The fraction of sp³-hybridized carbons (Fsp3) is 0.342. The largest absolute Gasteiger partial charge is 0.458 e. The Bertz CT molecular complexity index is 5610. The van der Waals surface area contributed by atoms with E-state index >= 15 is 0 Å². The molecule has 6 aromatic heterocycles. The van der Waals surface area contributed by atoms with E-state index in [4.69, 9.17) is 43.4 Å². The minimum Gasteiger partial charge on any atom is -0.458 e. The van der Waals surface area contributed by atoms with Gasteiger partial charge in [0.2, 0.25) is 34.8 Å². The van der Waals surface area contributed by atoms with E-state index < -0.39 is 102 Å². The van der Waals surface area contributed by atoms with Crippen molar-refractivity contribution in [3.63, 3.8) is 0 Å². The fourth-order valence-corrected chi connectivity index (χ4v) is 14.1. The summed E-state index contributed by atoms with van der Waals surface area (Å²) in [5.74, 6) is -6.58. The highest BCUT2D eigenvalue weighted by Gasteiger charge is 2.53. The second-order valence-electron chi connectivity index (χ2n) is 27.7. The Morgan fingerprint density at radius 1 is 0.459 bits per heavy atom. The number of pyridine rings is 6. The number of ether oxygens (including phenoxy) is 6. The number of hydrogen-bond acceptors (Lipinski definition) is 24. The molecular formula is C79H80N12O20. The molecule has 0 saturated heterocycles. The Morgan fingerprint density at radius 3 is 1.15 bits per heavy atom. The van der Waals surface area contributed by atoms with Crippen molar-refractivity contribution in [3.05, 3.63) is 190 Å². The van der Waals surface area contributed by atoms with Crippen LogP contribution < -0.4 is 48.6 Å². The summed E-state index contributed by atoms with van der Waals surface area (Å²) < 4.78 is 36.9. The van der Waals surface area contributed by atoms with Crippen LogP contribution >= 0.6 is 0 Å². The molecule has 0 unspecified atom stereocenters. The number of para-hydroxylation sites is 3. The van der Waals surface area contributed by atoms with E-state index in [2.05, 4.69) is 31.9 Å². The maximum absolute atomic E-state index is 13.6. The van der Waals surface area contributed by atoms with Gasteiger partial charge in [-0.05, 0) is 102 Å². The third kappa shape index (κ3) is 14.9. The molecular weight excluding hydrogens is 1440 g/mol. The van der Waals surface area contributed by atoms with Crippen molar-refractivity contribution in [1.29, 1.82) is 0 Å². The Labute approximate surface area is 632 Å². The van der Waals surface area contributed by atoms with Crippen LogP contribution in [0.2, 0.25) is 0 Å². The van der Waals surface area contributed by atoms with E-state index in [0.29, 0.717) is 59.2 Å². The molecule has 5 amide bonds. The van der Waals surface area contributed by atoms with Crippen LogP contribution in [0, 0.1) is 0 Å². The number of amides is 5. The van der Waals surface area contributed by atoms with E-state index in [1.807, 2.05) is 91.0 Å². The van der Waals surface area contributed by atoms with Crippen LogP contribution in [0.3, 0.4) is 0 Å². The smallest absolute Gasteiger partial charge is 0.408 e. The second kappa shape index (κ2) is 31.0. The van der Waals surface area contributed by atoms with Crippen molar-refractivity contribution >= 4 is 92.3 Å². The van der Waals surface area contributed by atoms with Crippen molar-refractivity contribution < 1.29 is 81.5 Å². The van der Waals surface area contributed by atoms with Crippen LogP contribution in [0.25, 0.3) is 66.9 Å². The summed E-state index contributed by atoms with van der Waals surface area (Å²) in [5.41, 5.74) is 2.88. The zero-order valence-electron chi connectivity index (χ0n) is 60.9. The van der Waals surface area contributed by atoms with Crippen LogP contribution in [0.15, 0.2) is 124 Å². The molecule has 0 radical (unpaired) electrons. The summed E-state index contributed by atoms with van der Waals surface area (Å²) in [6.07, 6.45) is -0.696. The number of aliphatic hydroxyl groups is 1. The topological polar surface area (TPSA) is 423 Å². The van der Waals surface area contributed by atoms with Gasteiger partial charge in [-0.15, -0.1) is 0 Å². The van der Waals surface area contributed by atoms with Crippen molar-refractivity contribution in [3.8, 4) is 34.2 Å². The highest BCUT2D eigenvalue weighted by molar-refractivity contribution is 5.94. The van der Waals surface area contributed by atoms with Crippen LogP contribution in [0.5, 0.6) is 0 Å². The molecule has 9 aromatic rings. The van der Waals surface area contributed by atoms with Gasteiger partial charge in [0.05, 0.1) is 107 Å². The molecule has 3 atom stereocenters. The van der Waals surface area contributed by atoms with Crippen molar-refractivity contribution in [2.45, 2.75) is 130 Å². The Balaban J connectivity index is 0.000000159. The quantitative estimate of drug-likeness (QED) is 0.0496. The third-order valence-corrected chi connectivity index (χ3v) is 19.6. The summed E-state index contributed by atoms with van der Waals surface area (Å²) in [6, 6.07) is 34.0. The van der Waals surface area contributed by atoms with Gasteiger partial charge in [0.15, 0.2) is 5.60 Å². The predicted octanol–water partition coefficient (Wildman–Crippen LogP) is 4.19. The molecule has 32 nitrogen and oxygen atoms in total. The highest BCUT2D eigenvalue weighted by Crippen LogP contribution is 2.44. The van der Waals surface area contributed by atoms with Gasteiger partial charge in [-0.2, -0.15) is 0 Å². The summed E-state index contributed by atoms with van der Waals surface area (Å²) in [6.45, 7) is 7.98. The van der Waals surface area contributed by atoms with Gasteiger partial charge in [-0.1, -0.05) is 82.8 Å². The highest BCUT2D eigenvalue weighted by atomic mass is 16.6. The number of carbonyl (C=O) groups is 10. The summed E-state index contributed by atoms with van der Waals surface area (Å²) >= 11 is 0. The van der Waals surface area contributed by atoms with Crippen LogP contribution in [-0.4, -0.2) is 145 Å².